The summed E-state index contributed by atoms with van der Waals surface area (Å²) in [5.41, 5.74) is 2.40. The van der Waals surface area contributed by atoms with Gasteiger partial charge in [-0.05, 0) is 24.0 Å². The summed E-state index contributed by atoms with van der Waals surface area (Å²) in [6.45, 7) is 4.70. The van der Waals surface area contributed by atoms with Gasteiger partial charge in [-0.15, -0.1) is 0 Å². The molecule has 0 saturated heterocycles. The molecule has 0 N–H and O–H groups in total. The van der Waals surface area contributed by atoms with Crippen LogP contribution in [0.3, 0.4) is 0 Å². The standard InChI is InChI=1S/C12H15NO/c1-9-7-8-13(10(2)14)12-6-4-3-5-11(9)12/h3-6,9H,7-8H2,1-2H3. The molecular formula is C12H15NO. The number of carbonyl (C=O) groups excluding carboxylic acids is 1. The van der Waals surface area contributed by atoms with Crippen LogP contribution in [-0.2, 0) is 4.79 Å². The van der Waals surface area contributed by atoms with Crippen molar-refractivity contribution in [2.45, 2.75) is 26.2 Å². The predicted octanol–water partition coefficient (Wildman–Crippen LogP) is 2.55. The molecule has 1 atom stereocenters. The summed E-state index contributed by atoms with van der Waals surface area (Å²) < 4.78 is 0. The molecule has 1 amide bonds. The summed E-state index contributed by atoms with van der Waals surface area (Å²) in [7, 11) is 0. The van der Waals surface area contributed by atoms with E-state index in [1.165, 1.54) is 5.56 Å². The summed E-state index contributed by atoms with van der Waals surface area (Å²) in [6, 6.07) is 8.19. The summed E-state index contributed by atoms with van der Waals surface area (Å²) in [5, 5.41) is 0. The molecule has 0 bridgehead atoms. The Balaban J connectivity index is 2.46. The molecule has 1 aliphatic rings. The second-order valence-corrected chi connectivity index (χ2v) is 3.92. The number of anilines is 1. The van der Waals surface area contributed by atoms with Gasteiger partial charge in [-0.2, -0.15) is 0 Å². The van der Waals surface area contributed by atoms with Crippen molar-refractivity contribution in [1.29, 1.82) is 0 Å². The van der Waals surface area contributed by atoms with E-state index in [9.17, 15) is 4.79 Å². The average molecular weight is 189 g/mol. The predicted molar refractivity (Wildman–Crippen MR) is 57.5 cm³/mol. The van der Waals surface area contributed by atoms with Crippen LogP contribution in [0.1, 0.15) is 31.7 Å². The minimum absolute atomic E-state index is 0.143. The van der Waals surface area contributed by atoms with Crippen LogP contribution >= 0.6 is 0 Å². The Morgan fingerprint density at radius 3 is 2.86 bits per heavy atom. The zero-order valence-corrected chi connectivity index (χ0v) is 8.66. The molecule has 2 rings (SSSR count). The molecule has 0 aliphatic carbocycles. The molecule has 0 fully saturated rings. The minimum atomic E-state index is 0.143. The van der Waals surface area contributed by atoms with E-state index < -0.39 is 0 Å². The number of benzene rings is 1. The maximum absolute atomic E-state index is 11.4. The Labute approximate surface area is 84.5 Å². The molecule has 0 aromatic heterocycles. The summed E-state index contributed by atoms with van der Waals surface area (Å²) in [4.78, 5) is 13.3. The highest BCUT2D eigenvalue weighted by Crippen LogP contribution is 2.34. The van der Waals surface area contributed by atoms with Crippen LogP contribution < -0.4 is 4.90 Å². The van der Waals surface area contributed by atoms with Crippen LogP contribution in [0.2, 0.25) is 0 Å². The first-order valence-electron chi connectivity index (χ1n) is 5.07. The normalized spacial score (nSPS) is 20.4. The number of hydrogen-bond acceptors (Lipinski definition) is 1. The first-order chi connectivity index (χ1) is 6.70. The van der Waals surface area contributed by atoms with Crippen LogP contribution in [0.5, 0.6) is 0 Å². The molecule has 0 radical (unpaired) electrons. The smallest absolute Gasteiger partial charge is 0.223 e. The molecule has 2 heteroatoms. The fourth-order valence-corrected chi connectivity index (χ4v) is 2.08. The third-order valence-electron chi connectivity index (χ3n) is 2.92. The monoisotopic (exact) mass is 189 g/mol. The molecule has 2 nitrogen and oxygen atoms in total. The third-order valence-corrected chi connectivity index (χ3v) is 2.92. The molecule has 0 saturated carbocycles. The lowest BCUT2D eigenvalue weighted by atomic mass is 9.91. The Kier molecular flexibility index (Phi) is 2.28. The van der Waals surface area contributed by atoms with E-state index in [4.69, 9.17) is 0 Å². The quantitative estimate of drug-likeness (QED) is 0.614. The summed E-state index contributed by atoms with van der Waals surface area (Å²) >= 11 is 0. The number of nitrogens with zero attached hydrogens (tertiary/aromatic N) is 1. The first kappa shape index (κ1) is 9.25. The summed E-state index contributed by atoms with van der Waals surface area (Å²) in [5.74, 6) is 0.714. The third kappa shape index (κ3) is 1.41. The molecular weight excluding hydrogens is 174 g/mol. The van der Waals surface area contributed by atoms with Gasteiger partial charge in [0.2, 0.25) is 5.91 Å². The summed E-state index contributed by atoms with van der Waals surface area (Å²) in [6.07, 6.45) is 1.07. The van der Waals surface area contributed by atoms with Gasteiger partial charge < -0.3 is 4.90 Å². The number of amides is 1. The maximum Gasteiger partial charge on any atom is 0.223 e. The lowest BCUT2D eigenvalue weighted by Crippen LogP contribution is -2.34. The fourth-order valence-electron chi connectivity index (χ4n) is 2.08. The Hall–Kier alpha value is -1.31. The van der Waals surface area contributed by atoms with Gasteiger partial charge in [-0.25, -0.2) is 0 Å². The van der Waals surface area contributed by atoms with Gasteiger partial charge in [0.1, 0.15) is 0 Å². The van der Waals surface area contributed by atoms with E-state index in [0.717, 1.165) is 18.7 Å². The molecule has 1 aromatic carbocycles. The van der Waals surface area contributed by atoms with E-state index in [1.54, 1.807) is 6.92 Å². The van der Waals surface area contributed by atoms with Crippen LogP contribution in [0, 0.1) is 0 Å². The van der Waals surface area contributed by atoms with Crippen molar-refractivity contribution in [3.8, 4) is 0 Å². The maximum atomic E-state index is 11.4. The van der Waals surface area contributed by atoms with Crippen LogP contribution in [-0.4, -0.2) is 12.5 Å². The van der Waals surface area contributed by atoms with Crippen molar-refractivity contribution >= 4 is 11.6 Å². The Morgan fingerprint density at radius 1 is 1.43 bits per heavy atom. The Bertz CT molecular complexity index is 359. The highest BCUT2D eigenvalue weighted by Gasteiger charge is 2.23. The topological polar surface area (TPSA) is 20.3 Å². The zero-order valence-electron chi connectivity index (χ0n) is 8.66. The van der Waals surface area contributed by atoms with E-state index in [0.29, 0.717) is 5.92 Å². The van der Waals surface area contributed by atoms with Crippen molar-refractivity contribution in [3.63, 3.8) is 0 Å². The lowest BCUT2D eigenvalue weighted by molar-refractivity contribution is -0.116. The van der Waals surface area contributed by atoms with Gasteiger partial charge in [0.25, 0.3) is 0 Å². The van der Waals surface area contributed by atoms with Crippen molar-refractivity contribution in [1.82, 2.24) is 0 Å². The number of hydrogen-bond donors (Lipinski definition) is 0. The SMILES string of the molecule is CC(=O)N1CCC(C)c2ccccc21. The van der Waals surface area contributed by atoms with Crippen molar-refractivity contribution in [3.05, 3.63) is 29.8 Å². The highest BCUT2D eigenvalue weighted by atomic mass is 16.2. The number of para-hydroxylation sites is 1. The lowest BCUT2D eigenvalue weighted by Gasteiger charge is -2.32. The van der Waals surface area contributed by atoms with Gasteiger partial charge in [0, 0.05) is 19.2 Å². The molecule has 14 heavy (non-hydrogen) atoms. The molecule has 1 heterocycles. The molecule has 1 unspecified atom stereocenters. The van der Waals surface area contributed by atoms with E-state index in [1.807, 2.05) is 23.1 Å². The minimum Gasteiger partial charge on any atom is -0.312 e. The molecule has 0 spiro atoms. The molecule has 1 aliphatic heterocycles. The van der Waals surface area contributed by atoms with E-state index in [2.05, 4.69) is 13.0 Å². The van der Waals surface area contributed by atoms with Crippen LogP contribution in [0.25, 0.3) is 0 Å². The second kappa shape index (κ2) is 3.45. The van der Waals surface area contributed by atoms with Crippen molar-refractivity contribution in [2.75, 3.05) is 11.4 Å². The van der Waals surface area contributed by atoms with Gasteiger partial charge in [0.05, 0.1) is 0 Å². The zero-order chi connectivity index (χ0) is 10.1. The van der Waals surface area contributed by atoms with E-state index in [-0.39, 0.29) is 5.91 Å². The van der Waals surface area contributed by atoms with Gasteiger partial charge in [-0.1, -0.05) is 25.1 Å². The number of rotatable bonds is 0. The fraction of sp³-hybridized carbons (Fsp3) is 0.417. The van der Waals surface area contributed by atoms with Gasteiger partial charge >= 0.3 is 0 Å². The van der Waals surface area contributed by atoms with Crippen molar-refractivity contribution in [2.24, 2.45) is 0 Å². The molecule has 74 valence electrons. The highest BCUT2D eigenvalue weighted by molar-refractivity contribution is 5.92. The first-order valence-corrected chi connectivity index (χ1v) is 5.07. The average Bonchev–Trinajstić information content (AvgIpc) is 2.18. The van der Waals surface area contributed by atoms with Crippen LogP contribution in [0.4, 0.5) is 5.69 Å². The Morgan fingerprint density at radius 2 is 2.14 bits per heavy atom. The second-order valence-electron chi connectivity index (χ2n) is 3.92. The van der Waals surface area contributed by atoms with Crippen LogP contribution in [0.15, 0.2) is 24.3 Å². The number of fused-ring (bicyclic) bond motifs is 1. The number of carbonyl (C=O) groups is 1. The van der Waals surface area contributed by atoms with E-state index >= 15 is 0 Å². The van der Waals surface area contributed by atoms with Gasteiger partial charge in [0.15, 0.2) is 0 Å². The van der Waals surface area contributed by atoms with Crippen molar-refractivity contribution < 1.29 is 4.79 Å². The largest absolute Gasteiger partial charge is 0.312 e. The molecule has 1 aromatic rings. The van der Waals surface area contributed by atoms with Gasteiger partial charge in [-0.3, -0.25) is 4.79 Å².